The Morgan fingerprint density at radius 2 is 2.09 bits per heavy atom. The maximum atomic E-state index is 13.0. The molecule has 1 aromatic heterocycles. The number of carbonyl (C=O) groups excluding carboxylic acids is 1. The van der Waals surface area contributed by atoms with E-state index >= 15 is 0 Å². The second-order valence-corrected chi connectivity index (χ2v) is 6.76. The Balaban J connectivity index is 1.61. The summed E-state index contributed by atoms with van der Waals surface area (Å²) in [5, 5.41) is 6.54. The number of hydrogen-bond donors (Lipinski definition) is 2. The summed E-state index contributed by atoms with van der Waals surface area (Å²) in [6, 6.07) is 6.21. The zero-order valence-corrected chi connectivity index (χ0v) is 13.2. The van der Waals surface area contributed by atoms with Gasteiger partial charge in [-0.1, -0.05) is 0 Å². The van der Waals surface area contributed by atoms with E-state index in [1.165, 1.54) is 36.3 Å². The lowest BCUT2D eigenvalue weighted by Gasteiger charge is -2.03. The fraction of sp³-hybridized carbons (Fsp3) is 0.375. The molecule has 2 N–H and O–H groups in total. The molecular formula is C16H18FN3OS. The van der Waals surface area contributed by atoms with Gasteiger partial charge in [-0.25, -0.2) is 9.37 Å². The van der Waals surface area contributed by atoms with Crippen LogP contribution >= 0.6 is 11.3 Å². The average molecular weight is 319 g/mol. The molecule has 0 atom stereocenters. The standard InChI is InChI=1S/C16H18FN3OS/c1-10-15(12-4-6-13(17)7-5-12)20-16(22-10)19-14(21)9-18-8-11-2-3-11/h4-7,11,18H,2-3,8-9H2,1H3,(H,19,20,21). The van der Waals surface area contributed by atoms with Crippen molar-refractivity contribution < 1.29 is 9.18 Å². The Kier molecular flexibility index (Phi) is 4.49. The fourth-order valence-corrected chi connectivity index (χ4v) is 3.05. The molecular weight excluding hydrogens is 301 g/mol. The number of aromatic nitrogens is 1. The topological polar surface area (TPSA) is 54.0 Å². The fourth-order valence-electron chi connectivity index (χ4n) is 2.20. The number of anilines is 1. The zero-order valence-electron chi connectivity index (χ0n) is 12.4. The smallest absolute Gasteiger partial charge is 0.240 e. The predicted octanol–water partition coefficient (Wildman–Crippen LogP) is 3.20. The van der Waals surface area contributed by atoms with Crippen LogP contribution in [0.4, 0.5) is 9.52 Å². The van der Waals surface area contributed by atoms with Crippen LogP contribution in [0.5, 0.6) is 0 Å². The van der Waals surface area contributed by atoms with Crippen molar-refractivity contribution >= 4 is 22.4 Å². The summed E-state index contributed by atoms with van der Waals surface area (Å²) in [6.45, 7) is 3.16. The van der Waals surface area contributed by atoms with Gasteiger partial charge in [-0.2, -0.15) is 0 Å². The van der Waals surface area contributed by atoms with Crippen LogP contribution in [0.25, 0.3) is 11.3 Å². The average Bonchev–Trinajstić information content (AvgIpc) is 3.23. The maximum absolute atomic E-state index is 13.0. The van der Waals surface area contributed by atoms with Gasteiger partial charge in [-0.3, -0.25) is 4.79 Å². The largest absolute Gasteiger partial charge is 0.308 e. The highest BCUT2D eigenvalue weighted by atomic mass is 32.1. The number of nitrogens with zero attached hydrogens (tertiary/aromatic N) is 1. The summed E-state index contributed by atoms with van der Waals surface area (Å²) in [5.74, 6) is 0.395. The Morgan fingerprint density at radius 3 is 2.77 bits per heavy atom. The van der Waals surface area contributed by atoms with Crippen LogP contribution in [0.15, 0.2) is 24.3 Å². The van der Waals surface area contributed by atoms with Gasteiger partial charge in [0.15, 0.2) is 5.13 Å². The number of amides is 1. The number of benzene rings is 1. The van der Waals surface area contributed by atoms with Crippen LogP contribution in [0.3, 0.4) is 0 Å². The van der Waals surface area contributed by atoms with Crippen LogP contribution in [0.1, 0.15) is 17.7 Å². The molecule has 1 heterocycles. The van der Waals surface area contributed by atoms with Gasteiger partial charge in [0.05, 0.1) is 12.2 Å². The minimum atomic E-state index is -0.271. The van der Waals surface area contributed by atoms with Crippen molar-refractivity contribution in [2.24, 2.45) is 5.92 Å². The highest BCUT2D eigenvalue weighted by Crippen LogP contribution is 2.30. The summed E-state index contributed by atoms with van der Waals surface area (Å²) in [5.41, 5.74) is 1.63. The van der Waals surface area contributed by atoms with Gasteiger partial charge in [0, 0.05) is 10.4 Å². The van der Waals surface area contributed by atoms with Crippen molar-refractivity contribution in [3.63, 3.8) is 0 Å². The van der Waals surface area contributed by atoms with Crippen molar-refractivity contribution in [1.29, 1.82) is 0 Å². The highest BCUT2D eigenvalue weighted by molar-refractivity contribution is 7.16. The van der Waals surface area contributed by atoms with E-state index in [2.05, 4.69) is 15.6 Å². The van der Waals surface area contributed by atoms with Gasteiger partial charge in [-0.15, -0.1) is 11.3 Å². The van der Waals surface area contributed by atoms with Gasteiger partial charge in [0.25, 0.3) is 0 Å². The molecule has 116 valence electrons. The Bertz CT molecular complexity index is 665. The van der Waals surface area contributed by atoms with Gasteiger partial charge in [-0.05, 0) is 56.5 Å². The van der Waals surface area contributed by atoms with E-state index in [1.807, 2.05) is 6.92 Å². The highest BCUT2D eigenvalue weighted by Gasteiger charge is 2.20. The van der Waals surface area contributed by atoms with Gasteiger partial charge in [0.2, 0.25) is 5.91 Å². The molecule has 0 saturated heterocycles. The van der Waals surface area contributed by atoms with Gasteiger partial charge in [0.1, 0.15) is 5.82 Å². The lowest BCUT2D eigenvalue weighted by atomic mass is 10.1. The maximum Gasteiger partial charge on any atom is 0.240 e. The molecule has 3 rings (SSSR count). The third kappa shape index (κ3) is 3.90. The monoisotopic (exact) mass is 319 g/mol. The first-order chi connectivity index (χ1) is 10.6. The molecule has 1 aliphatic rings. The minimum absolute atomic E-state index is 0.0833. The summed E-state index contributed by atoms with van der Waals surface area (Å²) < 4.78 is 13.0. The van der Waals surface area contributed by atoms with E-state index in [4.69, 9.17) is 0 Å². The number of halogens is 1. The van der Waals surface area contributed by atoms with Crippen LogP contribution in [0.2, 0.25) is 0 Å². The Hall–Kier alpha value is -1.79. The number of thiazole rings is 1. The van der Waals surface area contributed by atoms with Crippen molar-refractivity contribution in [2.75, 3.05) is 18.4 Å². The first-order valence-electron chi connectivity index (χ1n) is 7.36. The molecule has 0 aliphatic heterocycles. The van der Waals surface area contributed by atoms with Crippen LogP contribution in [-0.4, -0.2) is 24.0 Å². The van der Waals surface area contributed by atoms with Crippen molar-refractivity contribution in [3.8, 4) is 11.3 Å². The third-order valence-corrected chi connectivity index (χ3v) is 4.46. The van der Waals surface area contributed by atoms with E-state index in [1.54, 1.807) is 12.1 Å². The lowest BCUT2D eigenvalue weighted by molar-refractivity contribution is -0.115. The number of aryl methyl sites for hydroxylation is 1. The van der Waals surface area contributed by atoms with E-state index in [9.17, 15) is 9.18 Å². The number of nitrogens with one attached hydrogen (secondary N) is 2. The van der Waals surface area contributed by atoms with Crippen LogP contribution in [-0.2, 0) is 4.79 Å². The molecule has 0 spiro atoms. The molecule has 0 radical (unpaired) electrons. The SMILES string of the molecule is Cc1sc(NC(=O)CNCC2CC2)nc1-c1ccc(F)cc1. The molecule has 22 heavy (non-hydrogen) atoms. The molecule has 1 saturated carbocycles. The molecule has 2 aromatic rings. The molecule has 1 aliphatic carbocycles. The van der Waals surface area contributed by atoms with Crippen LogP contribution in [0, 0.1) is 18.7 Å². The zero-order chi connectivity index (χ0) is 15.5. The molecule has 1 amide bonds. The third-order valence-electron chi connectivity index (χ3n) is 3.58. The first-order valence-corrected chi connectivity index (χ1v) is 8.17. The van der Waals surface area contributed by atoms with Crippen molar-refractivity contribution in [3.05, 3.63) is 35.0 Å². The molecule has 4 nitrogen and oxygen atoms in total. The molecule has 0 unspecified atom stereocenters. The normalized spacial score (nSPS) is 14.1. The first kappa shape index (κ1) is 15.1. The summed E-state index contributed by atoms with van der Waals surface area (Å²) in [4.78, 5) is 17.3. The van der Waals surface area contributed by atoms with E-state index in [0.717, 1.165) is 28.6 Å². The van der Waals surface area contributed by atoms with Crippen LogP contribution < -0.4 is 10.6 Å². The summed E-state index contributed by atoms with van der Waals surface area (Å²) in [7, 11) is 0. The Labute approximate surface area is 132 Å². The summed E-state index contributed by atoms with van der Waals surface area (Å²) >= 11 is 1.43. The van der Waals surface area contributed by atoms with E-state index in [-0.39, 0.29) is 11.7 Å². The quantitative estimate of drug-likeness (QED) is 0.860. The summed E-state index contributed by atoms with van der Waals surface area (Å²) in [6.07, 6.45) is 2.53. The van der Waals surface area contributed by atoms with E-state index < -0.39 is 0 Å². The minimum Gasteiger partial charge on any atom is -0.308 e. The molecule has 6 heteroatoms. The molecule has 0 bridgehead atoms. The second-order valence-electron chi connectivity index (χ2n) is 5.55. The lowest BCUT2D eigenvalue weighted by Crippen LogP contribution is -2.29. The van der Waals surface area contributed by atoms with Crippen molar-refractivity contribution in [1.82, 2.24) is 10.3 Å². The number of carbonyl (C=O) groups is 1. The second kappa shape index (κ2) is 6.54. The van der Waals surface area contributed by atoms with Crippen molar-refractivity contribution in [2.45, 2.75) is 19.8 Å². The van der Waals surface area contributed by atoms with Gasteiger partial charge >= 0.3 is 0 Å². The number of rotatable bonds is 6. The number of hydrogen-bond acceptors (Lipinski definition) is 4. The predicted molar refractivity (Wildman–Crippen MR) is 86.5 cm³/mol. The van der Waals surface area contributed by atoms with Gasteiger partial charge < -0.3 is 10.6 Å². The molecule has 1 aromatic carbocycles. The molecule has 1 fully saturated rings. The Morgan fingerprint density at radius 1 is 1.36 bits per heavy atom. The van der Waals surface area contributed by atoms with E-state index in [0.29, 0.717) is 11.7 Å².